The molecular formula is C29H33N3O3. The highest BCUT2D eigenvalue weighted by Crippen LogP contribution is 2.28. The Morgan fingerprint density at radius 3 is 2.37 bits per heavy atom. The Morgan fingerprint density at radius 1 is 1.00 bits per heavy atom. The first-order chi connectivity index (χ1) is 17.1. The third kappa shape index (κ3) is 6.07. The largest absolute Gasteiger partial charge is 0.496 e. The number of nitrogens with zero attached hydrogens (tertiary/aromatic N) is 3. The first kappa shape index (κ1) is 24.5. The first-order valence-corrected chi connectivity index (χ1v) is 12.2. The van der Waals surface area contributed by atoms with Crippen molar-refractivity contribution in [3.8, 4) is 5.75 Å². The van der Waals surface area contributed by atoms with Gasteiger partial charge in [-0.2, -0.15) is 0 Å². The third-order valence-electron chi connectivity index (χ3n) is 6.96. The molecule has 1 fully saturated rings. The molecule has 2 aromatic carbocycles. The van der Waals surface area contributed by atoms with Gasteiger partial charge in [-0.05, 0) is 48.9 Å². The molecule has 0 N–H and O–H groups in total. The lowest BCUT2D eigenvalue weighted by Gasteiger charge is -2.40. The summed E-state index contributed by atoms with van der Waals surface area (Å²) in [6.07, 6.45) is 4.47. The van der Waals surface area contributed by atoms with E-state index in [1.165, 1.54) is 5.56 Å². The van der Waals surface area contributed by atoms with Crippen LogP contribution in [-0.2, 0) is 17.6 Å². The molecule has 0 radical (unpaired) electrons. The molecule has 2 heterocycles. The second kappa shape index (κ2) is 11.6. The van der Waals surface area contributed by atoms with Crippen LogP contribution in [0.5, 0.6) is 5.75 Å². The number of carbonyl (C=O) groups is 2. The molecule has 0 aliphatic carbocycles. The number of hydrogen-bond donors (Lipinski definition) is 0. The smallest absolute Gasteiger partial charge is 0.272 e. The average molecular weight is 472 g/mol. The van der Waals surface area contributed by atoms with Crippen LogP contribution in [0.4, 0.5) is 0 Å². The summed E-state index contributed by atoms with van der Waals surface area (Å²) < 4.78 is 5.41. The zero-order valence-electron chi connectivity index (χ0n) is 20.5. The van der Waals surface area contributed by atoms with Gasteiger partial charge in [0.15, 0.2) is 0 Å². The summed E-state index contributed by atoms with van der Waals surface area (Å²) in [5.41, 5.74) is 2.56. The topological polar surface area (TPSA) is 62.7 Å². The number of rotatable bonds is 8. The van der Waals surface area contributed by atoms with Crippen molar-refractivity contribution in [3.63, 3.8) is 0 Å². The van der Waals surface area contributed by atoms with Gasteiger partial charge in [0.05, 0.1) is 13.5 Å². The lowest BCUT2D eigenvalue weighted by Crippen LogP contribution is -2.48. The van der Waals surface area contributed by atoms with Crippen LogP contribution < -0.4 is 4.74 Å². The van der Waals surface area contributed by atoms with Crippen LogP contribution in [0.25, 0.3) is 0 Å². The second-order valence-electron chi connectivity index (χ2n) is 9.09. The monoisotopic (exact) mass is 471 g/mol. The van der Waals surface area contributed by atoms with Crippen LogP contribution in [0.1, 0.15) is 34.5 Å². The Kier molecular flexibility index (Phi) is 8.14. The van der Waals surface area contributed by atoms with Gasteiger partial charge in [0.25, 0.3) is 5.91 Å². The van der Waals surface area contributed by atoms with E-state index in [1.54, 1.807) is 19.4 Å². The fraction of sp³-hybridized carbons (Fsp3) is 0.345. The van der Waals surface area contributed by atoms with E-state index in [0.717, 1.165) is 30.6 Å². The van der Waals surface area contributed by atoms with Crippen molar-refractivity contribution < 1.29 is 14.3 Å². The molecule has 6 nitrogen and oxygen atoms in total. The number of methoxy groups -OCH3 is 1. The summed E-state index contributed by atoms with van der Waals surface area (Å²) in [4.78, 5) is 34.3. The summed E-state index contributed by atoms with van der Waals surface area (Å²) in [7, 11) is 3.51. The highest BCUT2D eigenvalue weighted by Gasteiger charge is 2.33. The SMILES string of the molecule is COc1ccccc1CC(=O)N1CCC(C(Cc2ccccc2)N(C)C(=O)c2ccccn2)CC1. The number of ether oxygens (including phenoxy) is 1. The molecule has 1 saturated heterocycles. The minimum Gasteiger partial charge on any atom is -0.496 e. The van der Waals surface area contributed by atoms with Crippen molar-refractivity contribution in [2.75, 3.05) is 27.2 Å². The lowest BCUT2D eigenvalue weighted by molar-refractivity contribution is -0.132. The molecule has 1 unspecified atom stereocenters. The van der Waals surface area contributed by atoms with E-state index in [2.05, 4.69) is 17.1 Å². The normalized spacial score (nSPS) is 14.9. The van der Waals surface area contributed by atoms with Gasteiger partial charge in [-0.1, -0.05) is 54.6 Å². The van der Waals surface area contributed by atoms with Crippen LogP contribution in [-0.4, -0.2) is 59.9 Å². The standard InChI is InChI=1S/C29H33N3O3/c1-31(29(34)25-13-8-9-17-30-25)26(20-22-10-4-3-5-11-22)23-15-18-32(19-16-23)28(33)21-24-12-6-7-14-27(24)35-2/h3-14,17,23,26H,15-16,18-21H2,1-2H3. The summed E-state index contributed by atoms with van der Waals surface area (Å²) in [6, 6.07) is 23.4. The van der Waals surface area contributed by atoms with Crippen LogP contribution >= 0.6 is 0 Å². The van der Waals surface area contributed by atoms with Gasteiger partial charge in [0, 0.05) is 37.9 Å². The maximum atomic E-state index is 13.2. The molecule has 1 atom stereocenters. The van der Waals surface area contributed by atoms with Gasteiger partial charge in [-0.15, -0.1) is 0 Å². The van der Waals surface area contributed by atoms with Crippen LogP contribution in [0.15, 0.2) is 79.0 Å². The van der Waals surface area contributed by atoms with Gasteiger partial charge in [-0.25, -0.2) is 0 Å². The average Bonchev–Trinajstić information content (AvgIpc) is 2.92. The number of para-hydroxylation sites is 1. The number of amides is 2. The maximum absolute atomic E-state index is 13.2. The van der Waals surface area contributed by atoms with Crippen LogP contribution in [0, 0.1) is 5.92 Å². The molecule has 35 heavy (non-hydrogen) atoms. The fourth-order valence-corrected chi connectivity index (χ4v) is 4.95. The number of hydrogen-bond acceptors (Lipinski definition) is 4. The molecule has 2 amide bonds. The van der Waals surface area contributed by atoms with E-state index in [4.69, 9.17) is 4.74 Å². The summed E-state index contributed by atoms with van der Waals surface area (Å²) in [5.74, 6) is 1.09. The maximum Gasteiger partial charge on any atom is 0.272 e. The Balaban J connectivity index is 1.45. The van der Waals surface area contributed by atoms with E-state index < -0.39 is 0 Å². The quantitative estimate of drug-likeness (QED) is 0.493. The Labute approximate surface area is 207 Å². The van der Waals surface area contributed by atoms with Gasteiger partial charge < -0.3 is 14.5 Å². The number of likely N-dealkylation sites (N-methyl/N-ethyl adjacent to an activating group) is 1. The molecule has 1 aliphatic rings. The van der Waals surface area contributed by atoms with Gasteiger partial charge in [0.2, 0.25) is 5.91 Å². The summed E-state index contributed by atoms with van der Waals surface area (Å²) in [5, 5.41) is 0. The number of carbonyl (C=O) groups excluding carboxylic acids is 2. The van der Waals surface area contributed by atoms with E-state index in [9.17, 15) is 9.59 Å². The summed E-state index contributed by atoms with van der Waals surface area (Å²) >= 11 is 0. The lowest BCUT2D eigenvalue weighted by atomic mass is 9.84. The van der Waals surface area contributed by atoms with Crippen molar-refractivity contribution in [1.82, 2.24) is 14.8 Å². The Morgan fingerprint density at radius 2 is 1.69 bits per heavy atom. The fourth-order valence-electron chi connectivity index (χ4n) is 4.95. The van der Waals surface area contributed by atoms with Gasteiger partial charge >= 0.3 is 0 Å². The zero-order chi connectivity index (χ0) is 24.6. The minimum atomic E-state index is -0.0683. The number of piperidine rings is 1. The highest BCUT2D eigenvalue weighted by atomic mass is 16.5. The van der Waals surface area contributed by atoms with Crippen molar-refractivity contribution >= 4 is 11.8 Å². The van der Waals surface area contributed by atoms with Crippen LogP contribution in [0.3, 0.4) is 0 Å². The zero-order valence-corrected chi connectivity index (χ0v) is 20.5. The van der Waals surface area contributed by atoms with Crippen molar-refractivity contribution in [3.05, 3.63) is 95.8 Å². The van der Waals surface area contributed by atoms with E-state index in [0.29, 0.717) is 31.1 Å². The van der Waals surface area contributed by atoms with E-state index >= 15 is 0 Å². The molecular weight excluding hydrogens is 438 g/mol. The first-order valence-electron chi connectivity index (χ1n) is 12.2. The molecule has 6 heteroatoms. The van der Waals surface area contributed by atoms with Gasteiger partial charge in [-0.3, -0.25) is 14.6 Å². The Bertz CT molecular complexity index is 1110. The Hall–Kier alpha value is -3.67. The van der Waals surface area contributed by atoms with Crippen molar-refractivity contribution in [1.29, 1.82) is 0 Å². The molecule has 0 saturated carbocycles. The number of aromatic nitrogens is 1. The molecule has 1 aromatic heterocycles. The van der Waals surface area contributed by atoms with E-state index in [-0.39, 0.29) is 17.9 Å². The number of benzene rings is 2. The van der Waals surface area contributed by atoms with Crippen molar-refractivity contribution in [2.45, 2.75) is 31.7 Å². The summed E-state index contributed by atoms with van der Waals surface area (Å²) in [6.45, 7) is 1.38. The molecule has 0 bridgehead atoms. The minimum absolute atomic E-state index is 0.0263. The molecule has 3 aromatic rings. The van der Waals surface area contributed by atoms with Crippen molar-refractivity contribution in [2.24, 2.45) is 5.92 Å². The predicted molar refractivity (Wildman–Crippen MR) is 136 cm³/mol. The predicted octanol–water partition coefficient (Wildman–Crippen LogP) is 4.25. The molecule has 182 valence electrons. The number of likely N-dealkylation sites (tertiary alicyclic amines) is 1. The highest BCUT2D eigenvalue weighted by molar-refractivity contribution is 5.92. The molecule has 1 aliphatic heterocycles. The van der Waals surface area contributed by atoms with Gasteiger partial charge in [0.1, 0.15) is 11.4 Å². The second-order valence-corrected chi connectivity index (χ2v) is 9.09. The molecule has 0 spiro atoms. The third-order valence-corrected chi connectivity index (χ3v) is 6.96. The number of pyridine rings is 1. The molecule has 4 rings (SSSR count). The van der Waals surface area contributed by atoms with E-state index in [1.807, 2.05) is 71.4 Å². The van der Waals surface area contributed by atoms with Crippen LogP contribution in [0.2, 0.25) is 0 Å².